The zero-order valence-electron chi connectivity index (χ0n) is 16.5. The molecular formula is C19H32N2O6. The summed E-state index contributed by atoms with van der Waals surface area (Å²) in [5.74, 6) is 0. The van der Waals surface area contributed by atoms with E-state index in [1.165, 1.54) is 30.4 Å². The molecular weight excluding hydrogens is 352 g/mol. The highest BCUT2D eigenvalue weighted by molar-refractivity contribution is 5.70. The van der Waals surface area contributed by atoms with Gasteiger partial charge in [0.25, 0.3) is 0 Å². The molecule has 1 aromatic heterocycles. The van der Waals surface area contributed by atoms with Crippen LogP contribution in [0.2, 0.25) is 0 Å². The highest BCUT2D eigenvalue weighted by Crippen LogP contribution is 2.28. The lowest BCUT2D eigenvalue weighted by Crippen LogP contribution is -2.34. The Kier molecular flexibility index (Phi) is 9.75. The summed E-state index contributed by atoms with van der Waals surface area (Å²) in [7, 11) is 1.54. The van der Waals surface area contributed by atoms with Crippen molar-refractivity contribution in [1.82, 2.24) is 9.55 Å². The van der Waals surface area contributed by atoms with E-state index in [1.807, 2.05) is 0 Å². The minimum absolute atomic E-state index is 0.219. The number of methoxy groups -OCH3 is 1. The van der Waals surface area contributed by atoms with Crippen molar-refractivity contribution < 1.29 is 28.5 Å². The zero-order chi connectivity index (χ0) is 19.5. The summed E-state index contributed by atoms with van der Waals surface area (Å²) in [5, 5.41) is 0. The van der Waals surface area contributed by atoms with Crippen LogP contribution in [0, 0.1) is 0 Å². The summed E-state index contributed by atoms with van der Waals surface area (Å²) in [4.78, 5) is 16.0. The average molecular weight is 384 g/mol. The number of nitrogens with zero attached hydrogens (tertiary/aromatic N) is 2. The van der Waals surface area contributed by atoms with E-state index in [0.717, 1.165) is 25.7 Å². The van der Waals surface area contributed by atoms with Gasteiger partial charge >= 0.3 is 6.09 Å². The number of aromatic nitrogens is 2. The normalized spacial score (nSPS) is 23.4. The summed E-state index contributed by atoms with van der Waals surface area (Å²) >= 11 is 0. The second kappa shape index (κ2) is 12.1. The van der Waals surface area contributed by atoms with E-state index in [1.54, 1.807) is 0 Å². The molecule has 0 spiro atoms. The summed E-state index contributed by atoms with van der Waals surface area (Å²) in [6.45, 7) is 6.04. The molecule has 1 aromatic rings. The van der Waals surface area contributed by atoms with Crippen LogP contribution in [0.15, 0.2) is 18.7 Å². The third-order valence-corrected chi connectivity index (χ3v) is 4.45. The van der Waals surface area contributed by atoms with Gasteiger partial charge in [0, 0.05) is 39.1 Å². The second-order valence-corrected chi connectivity index (χ2v) is 6.60. The molecule has 0 N–H and O–H groups in total. The first-order valence-corrected chi connectivity index (χ1v) is 9.76. The van der Waals surface area contributed by atoms with Gasteiger partial charge in [0.1, 0.15) is 12.4 Å². The topological polar surface area (TPSA) is 81.0 Å². The van der Waals surface area contributed by atoms with Gasteiger partial charge in [-0.15, -0.1) is 0 Å². The van der Waals surface area contributed by atoms with E-state index in [-0.39, 0.29) is 12.2 Å². The standard InChI is InChI=1S/C19H32N2O6/c1-4-6-10-24-13-17(25-11-7-5-2)15-12-16(18(23-3)26-15)27-19(22)21-9-8-20-14-21/h8-9,14-18H,4-7,10-13H2,1-3H3/t15-,16+,17+,18-/m0/s1. The number of unbranched alkanes of at least 4 members (excludes halogenated alkanes) is 2. The Labute approximate surface area is 161 Å². The molecule has 2 rings (SSSR count). The maximum absolute atomic E-state index is 12.2. The van der Waals surface area contributed by atoms with Crippen molar-refractivity contribution in [1.29, 1.82) is 0 Å². The number of hydrogen-bond acceptors (Lipinski definition) is 7. The minimum Gasteiger partial charge on any atom is -0.440 e. The van der Waals surface area contributed by atoms with Crippen molar-refractivity contribution in [2.45, 2.75) is 70.6 Å². The Bertz CT molecular complexity index is 524. The molecule has 2 heterocycles. The first-order valence-electron chi connectivity index (χ1n) is 9.76. The first kappa shape index (κ1) is 21.8. The predicted octanol–water partition coefficient (Wildman–Crippen LogP) is 3.00. The van der Waals surface area contributed by atoms with E-state index >= 15 is 0 Å². The van der Waals surface area contributed by atoms with E-state index in [0.29, 0.717) is 26.2 Å². The predicted molar refractivity (Wildman–Crippen MR) is 98.6 cm³/mol. The third-order valence-electron chi connectivity index (χ3n) is 4.45. The summed E-state index contributed by atoms with van der Waals surface area (Å²) in [5.41, 5.74) is 0. The molecule has 1 aliphatic rings. The Morgan fingerprint density at radius 3 is 2.74 bits per heavy atom. The highest BCUT2D eigenvalue weighted by Gasteiger charge is 2.42. The van der Waals surface area contributed by atoms with Gasteiger partial charge in [-0.25, -0.2) is 14.3 Å². The van der Waals surface area contributed by atoms with Crippen LogP contribution in [-0.4, -0.2) is 67.2 Å². The second-order valence-electron chi connectivity index (χ2n) is 6.60. The summed E-state index contributed by atoms with van der Waals surface area (Å²) in [6, 6.07) is 0. The van der Waals surface area contributed by atoms with Gasteiger partial charge < -0.3 is 23.7 Å². The molecule has 0 amide bonds. The molecule has 0 bridgehead atoms. The van der Waals surface area contributed by atoms with Gasteiger partial charge in [-0.3, -0.25) is 0 Å². The fourth-order valence-electron chi connectivity index (χ4n) is 2.85. The van der Waals surface area contributed by atoms with Crippen LogP contribution in [0.1, 0.15) is 46.0 Å². The Morgan fingerprint density at radius 2 is 2.07 bits per heavy atom. The van der Waals surface area contributed by atoms with Gasteiger partial charge in [-0.2, -0.15) is 0 Å². The largest absolute Gasteiger partial charge is 0.440 e. The van der Waals surface area contributed by atoms with Crippen molar-refractivity contribution in [3.63, 3.8) is 0 Å². The fraction of sp³-hybridized carbons (Fsp3) is 0.789. The van der Waals surface area contributed by atoms with Crippen molar-refractivity contribution >= 4 is 6.09 Å². The van der Waals surface area contributed by atoms with E-state index in [4.69, 9.17) is 23.7 Å². The Morgan fingerprint density at radius 1 is 1.30 bits per heavy atom. The third kappa shape index (κ3) is 6.88. The molecule has 4 atom stereocenters. The fourth-order valence-corrected chi connectivity index (χ4v) is 2.85. The number of carbonyl (C=O) groups excluding carboxylic acids is 1. The lowest BCUT2D eigenvalue weighted by molar-refractivity contribution is -0.176. The van der Waals surface area contributed by atoms with E-state index < -0.39 is 18.5 Å². The molecule has 0 saturated carbocycles. The average Bonchev–Trinajstić information content (AvgIpc) is 3.33. The molecule has 1 aliphatic heterocycles. The van der Waals surface area contributed by atoms with Crippen molar-refractivity contribution in [2.75, 3.05) is 26.9 Å². The summed E-state index contributed by atoms with van der Waals surface area (Å²) in [6.07, 6.45) is 6.96. The van der Waals surface area contributed by atoms with E-state index in [9.17, 15) is 4.79 Å². The van der Waals surface area contributed by atoms with E-state index in [2.05, 4.69) is 18.8 Å². The Balaban J connectivity index is 1.92. The number of rotatable bonds is 12. The molecule has 8 heteroatoms. The van der Waals surface area contributed by atoms with Crippen molar-refractivity contribution in [3.05, 3.63) is 18.7 Å². The minimum atomic E-state index is -0.629. The summed E-state index contributed by atoms with van der Waals surface area (Å²) < 4.78 is 29.9. The number of ether oxygens (including phenoxy) is 5. The van der Waals surface area contributed by atoms with Crippen LogP contribution >= 0.6 is 0 Å². The molecule has 0 radical (unpaired) electrons. The van der Waals surface area contributed by atoms with Crippen LogP contribution in [0.4, 0.5) is 4.79 Å². The van der Waals surface area contributed by atoms with Crippen molar-refractivity contribution in [2.24, 2.45) is 0 Å². The van der Waals surface area contributed by atoms with Gasteiger partial charge in [0.2, 0.25) is 0 Å². The SMILES string of the molecule is CCCCOC[C@@H](OCCCC)[C@@H]1C[C@@H](OC(=O)n2ccnc2)[C@@H](OC)O1. The quantitative estimate of drug-likeness (QED) is 0.512. The van der Waals surface area contributed by atoms with Crippen LogP contribution < -0.4 is 0 Å². The zero-order valence-corrected chi connectivity index (χ0v) is 16.5. The van der Waals surface area contributed by atoms with Crippen molar-refractivity contribution in [3.8, 4) is 0 Å². The molecule has 1 saturated heterocycles. The number of imidazole rings is 1. The molecule has 27 heavy (non-hydrogen) atoms. The van der Waals surface area contributed by atoms with Crippen LogP contribution in [0.3, 0.4) is 0 Å². The van der Waals surface area contributed by atoms with Crippen LogP contribution in [-0.2, 0) is 23.7 Å². The Hall–Kier alpha value is -1.48. The van der Waals surface area contributed by atoms with Crippen LogP contribution in [0.5, 0.6) is 0 Å². The monoisotopic (exact) mass is 384 g/mol. The highest BCUT2D eigenvalue weighted by atomic mass is 16.7. The lowest BCUT2D eigenvalue weighted by atomic mass is 10.1. The molecule has 0 aliphatic carbocycles. The molecule has 0 aromatic carbocycles. The molecule has 1 fully saturated rings. The smallest absolute Gasteiger partial charge is 0.419 e. The molecule has 0 unspecified atom stereocenters. The first-order chi connectivity index (χ1) is 13.2. The molecule has 154 valence electrons. The number of hydrogen-bond donors (Lipinski definition) is 0. The van der Waals surface area contributed by atoms with Gasteiger partial charge in [0.15, 0.2) is 12.4 Å². The van der Waals surface area contributed by atoms with Crippen LogP contribution in [0.25, 0.3) is 0 Å². The van der Waals surface area contributed by atoms with Gasteiger partial charge in [-0.05, 0) is 12.8 Å². The van der Waals surface area contributed by atoms with Gasteiger partial charge in [0.05, 0.1) is 12.7 Å². The van der Waals surface area contributed by atoms with Gasteiger partial charge in [-0.1, -0.05) is 26.7 Å². The molecule has 8 nitrogen and oxygen atoms in total. The maximum atomic E-state index is 12.2. The number of carbonyl (C=O) groups is 1. The maximum Gasteiger partial charge on any atom is 0.419 e. The lowest BCUT2D eigenvalue weighted by Gasteiger charge is -2.23.